The number of aromatic amines is 1. The molecule has 0 saturated heterocycles. The molecule has 94 valence electrons. The number of nitrogens with zero attached hydrogens (tertiary/aromatic N) is 3. The number of nitrogens with one attached hydrogen (secondary N) is 3. The number of amides is 2. The summed E-state index contributed by atoms with van der Waals surface area (Å²) in [5.41, 5.74) is 0. The Labute approximate surface area is 95.4 Å². The van der Waals surface area contributed by atoms with Crippen LogP contribution in [0.15, 0.2) is 0 Å². The van der Waals surface area contributed by atoms with Crippen LogP contribution in [0, 0.1) is 0 Å². The van der Waals surface area contributed by atoms with Gasteiger partial charge >= 0.3 is 12.0 Å². The molecule has 1 aromatic heterocycles. The smallest absolute Gasteiger partial charge is 0.326 e. The van der Waals surface area contributed by atoms with Crippen molar-refractivity contribution >= 4 is 12.0 Å². The number of carboxylic acids is 1. The maximum absolute atomic E-state index is 11.3. The first-order chi connectivity index (χ1) is 8.13. The monoisotopic (exact) mass is 244 g/mol. The largest absolute Gasteiger partial charge is 0.480 e. The summed E-state index contributed by atoms with van der Waals surface area (Å²) in [7, 11) is 0. The second kappa shape index (κ2) is 6.37. The number of carbonyl (C=O) groups is 2. The van der Waals surface area contributed by atoms with Crippen LogP contribution in [0.1, 0.15) is 12.2 Å². The van der Waals surface area contributed by atoms with Crippen molar-refractivity contribution in [2.75, 3.05) is 6.61 Å². The lowest BCUT2D eigenvalue weighted by molar-refractivity contribution is -0.139. The molecule has 10 heteroatoms. The van der Waals surface area contributed by atoms with Gasteiger partial charge in [-0.15, -0.1) is 10.2 Å². The molecular formula is C7H12N6O4. The van der Waals surface area contributed by atoms with Crippen LogP contribution in [0.2, 0.25) is 0 Å². The van der Waals surface area contributed by atoms with E-state index in [4.69, 9.17) is 10.2 Å². The number of tetrazole rings is 1. The minimum atomic E-state index is -1.21. The third-order valence-corrected chi connectivity index (χ3v) is 1.82. The normalized spacial score (nSPS) is 11.8. The van der Waals surface area contributed by atoms with Crippen LogP contribution in [0.3, 0.4) is 0 Å². The van der Waals surface area contributed by atoms with Crippen LogP contribution in [0.25, 0.3) is 0 Å². The molecule has 0 fully saturated rings. The Morgan fingerprint density at radius 2 is 2.24 bits per heavy atom. The Bertz CT molecular complexity index is 366. The molecule has 0 aliphatic heterocycles. The van der Waals surface area contributed by atoms with Gasteiger partial charge in [0.05, 0.1) is 6.54 Å². The van der Waals surface area contributed by atoms with Gasteiger partial charge in [0.1, 0.15) is 6.04 Å². The number of aliphatic hydroxyl groups is 1. The maximum atomic E-state index is 11.3. The minimum Gasteiger partial charge on any atom is -0.480 e. The fraction of sp³-hybridized carbons (Fsp3) is 0.571. The molecule has 2 amide bonds. The van der Waals surface area contributed by atoms with E-state index in [0.717, 1.165) is 0 Å². The van der Waals surface area contributed by atoms with E-state index in [-0.39, 0.29) is 25.4 Å². The number of carbonyl (C=O) groups excluding carboxylic acids is 1. The quantitative estimate of drug-likeness (QED) is 0.381. The van der Waals surface area contributed by atoms with Gasteiger partial charge in [-0.05, 0) is 0 Å². The number of aromatic nitrogens is 4. The molecule has 0 unspecified atom stereocenters. The van der Waals surface area contributed by atoms with E-state index in [1.165, 1.54) is 0 Å². The van der Waals surface area contributed by atoms with Crippen molar-refractivity contribution in [2.24, 2.45) is 0 Å². The number of hydrogen-bond donors (Lipinski definition) is 5. The van der Waals surface area contributed by atoms with Crippen molar-refractivity contribution in [2.45, 2.75) is 19.0 Å². The molecule has 5 N–H and O–H groups in total. The zero-order valence-electron chi connectivity index (χ0n) is 8.75. The molecule has 17 heavy (non-hydrogen) atoms. The average molecular weight is 244 g/mol. The third-order valence-electron chi connectivity index (χ3n) is 1.82. The highest BCUT2D eigenvalue weighted by atomic mass is 16.4. The van der Waals surface area contributed by atoms with E-state index in [1.807, 2.05) is 0 Å². The second-order valence-corrected chi connectivity index (χ2v) is 3.06. The Morgan fingerprint density at radius 1 is 1.47 bits per heavy atom. The molecule has 10 nitrogen and oxygen atoms in total. The maximum Gasteiger partial charge on any atom is 0.326 e. The van der Waals surface area contributed by atoms with E-state index < -0.39 is 18.0 Å². The summed E-state index contributed by atoms with van der Waals surface area (Å²) < 4.78 is 0. The van der Waals surface area contributed by atoms with Gasteiger partial charge in [0.25, 0.3) is 0 Å². The molecule has 0 aliphatic carbocycles. The van der Waals surface area contributed by atoms with E-state index >= 15 is 0 Å². The molecule has 1 atom stereocenters. The molecular weight excluding hydrogens is 232 g/mol. The summed E-state index contributed by atoms with van der Waals surface area (Å²) in [6, 6.07) is -1.82. The highest BCUT2D eigenvalue weighted by molar-refractivity contribution is 5.82. The van der Waals surface area contributed by atoms with Crippen molar-refractivity contribution in [3.05, 3.63) is 5.82 Å². The molecule has 0 aliphatic rings. The molecule has 1 heterocycles. The van der Waals surface area contributed by atoms with Crippen LogP contribution in [-0.2, 0) is 11.3 Å². The lowest BCUT2D eigenvalue weighted by Gasteiger charge is -2.13. The van der Waals surface area contributed by atoms with E-state index in [1.54, 1.807) is 0 Å². The van der Waals surface area contributed by atoms with Crippen LogP contribution in [0.5, 0.6) is 0 Å². The lowest BCUT2D eigenvalue weighted by Crippen LogP contribution is -2.46. The van der Waals surface area contributed by atoms with E-state index in [9.17, 15) is 9.59 Å². The van der Waals surface area contributed by atoms with E-state index in [0.29, 0.717) is 0 Å². The van der Waals surface area contributed by atoms with Gasteiger partial charge in [0.2, 0.25) is 0 Å². The fourth-order valence-electron chi connectivity index (χ4n) is 1.01. The Balaban J connectivity index is 2.34. The number of hydrogen-bond acceptors (Lipinski definition) is 6. The number of aliphatic carboxylic acids is 1. The van der Waals surface area contributed by atoms with Crippen molar-refractivity contribution in [1.29, 1.82) is 0 Å². The van der Waals surface area contributed by atoms with Crippen LogP contribution >= 0.6 is 0 Å². The Morgan fingerprint density at radius 3 is 2.76 bits per heavy atom. The molecule has 1 aromatic rings. The highest BCUT2D eigenvalue weighted by Crippen LogP contribution is 1.91. The summed E-state index contributed by atoms with van der Waals surface area (Å²) in [5, 5.41) is 34.5. The van der Waals surface area contributed by atoms with Gasteiger partial charge in [0.15, 0.2) is 5.82 Å². The first kappa shape index (κ1) is 12.8. The van der Waals surface area contributed by atoms with Crippen molar-refractivity contribution < 1.29 is 19.8 Å². The second-order valence-electron chi connectivity index (χ2n) is 3.06. The summed E-state index contributed by atoms with van der Waals surface area (Å²) in [5.74, 6) is -0.942. The van der Waals surface area contributed by atoms with Gasteiger partial charge in [-0.1, -0.05) is 5.21 Å². The molecule has 0 aromatic carbocycles. The highest BCUT2D eigenvalue weighted by Gasteiger charge is 2.18. The van der Waals surface area contributed by atoms with Gasteiger partial charge < -0.3 is 20.8 Å². The predicted octanol–water partition coefficient (Wildman–Crippen LogP) is -2.17. The van der Waals surface area contributed by atoms with Gasteiger partial charge in [0, 0.05) is 13.0 Å². The Hall–Kier alpha value is -2.23. The molecule has 0 spiro atoms. The zero-order valence-corrected chi connectivity index (χ0v) is 8.75. The van der Waals surface area contributed by atoms with Crippen LogP contribution in [-0.4, -0.2) is 55.5 Å². The zero-order chi connectivity index (χ0) is 12.7. The first-order valence-corrected chi connectivity index (χ1v) is 4.74. The SMILES string of the molecule is O=C(NCc1nn[nH]n1)N[C@H](CCO)C(=O)O. The first-order valence-electron chi connectivity index (χ1n) is 4.74. The molecule has 0 bridgehead atoms. The minimum absolute atomic E-state index is 0.0216. The average Bonchev–Trinajstić information content (AvgIpc) is 2.78. The van der Waals surface area contributed by atoms with Crippen LogP contribution < -0.4 is 10.6 Å². The van der Waals surface area contributed by atoms with Gasteiger partial charge in [-0.3, -0.25) is 0 Å². The number of H-pyrrole nitrogens is 1. The predicted molar refractivity (Wildman–Crippen MR) is 52.7 cm³/mol. The number of aliphatic hydroxyl groups excluding tert-OH is 1. The number of urea groups is 1. The fourth-order valence-corrected chi connectivity index (χ4v) is 1.01. The van der Waals surface area contributed by atoms with Gasteiger partial charge in [-0.2, -0.15) is 5.21 Å². The van der Waals surface area contributed by atoms with Crippen molar-refractivity contribution in [3.63, 3.8) is 0 Å². The number of rotatable bonds is 6. The summed E-state index contributed by atoms with van der Waals surface area (Å²) in [4.78, 5) is 21.9. The van der Waals surface area contributed by atoms with Crippen molar-refractivity contribution in [1.82, 2.24) is 31.3 Å². The van der Waals surface area contributed by atoms with Crippen molar-refractivity contribution in [3.8, 4) is 0 Å². The van der Waals surface area contributed by atoms with Gasteiger partial charge in [-0.25, -0.2) is 9.59 Å². The molecule has 0 radical (unpaired) electrons. The standard InChI is InChI=1S/C7H12N6O4/c14-2-1-4(6(15)16)9-7(17)8-3-5-10-12-13-11-5/h4,14H,1-3H2,(H,15,16)(H2,8,9,17)(H,10,11,12,13)/t4-/m1/s1. The number of carboxylic acid groups (broad SMARTS) is 1. The molecule has 0 saturated carbocycles. The summed E-state index contributed by atoms with van der Waals surface area (Å²) >= 11 is 0. The van der Waals surface area contributed by atoms with Crippen LogP contribution in [0.4, 0.5) is 4.79 Å². The lowest BCUT2D eigenvalue weighted by atomic mass is 10.2. The summed E-state index contributed by atoms with van der Waals surface area (Å²) in [6.07, 6.45) is -0.0645. The Kier molecular flexibility index (Phi) is 4.81. The molecule has 1 rings (SSSR count). The summed E-state index contributed by atoms with van der Waals surface area (Å²) in [6.45, 7) is -0.310. The third kappa shape index (κ3) is 4.42. The van der Waals surface area contributed by atoms with E-state index in [2.05, 4.69) is 31.3 Å². The topological polar surface area (TPSA) is 153 Å².